The van der Waals surface area contributed by atoms with E-state index in [0.717, 1.165) is 67.9 Å². The highest BCUT2D eigenvalue weighted by Crippen LogP contribution is 2.22. The van der Waals surface area contributed by atoms with Crippen molar-refractivity contribution in [3.63, 3.8) is 0 Å². The second kappa shape index (κ2) is 23.7. The molecule has 4 heterocycles. The average Bonchev–Trinajstić information content (AvgIpc) is 3.91. The molecular weight excluding hydrogens is 905 g/mol. The predicted molar refractivity (Wildman–Crippen MR) is 248 cm³/mol. The van der Waals surface area contributed by atoms with Crippen LogP contribution < -0.4 is 22.6 Å². The first-order chi connectivity index (χ1) is 33.0. The molecule has 0 aliphatic carbocycles. The second-order valence-corrected chi connectivity index (χ2v) is 16.1. The maximum Gasteiger partial charge on any atom is 0.441 e. The maximum atomic E-state index is 13.6. The van der Waals surface area contributed by atoms with Gasteiger partial charge in [-0.05, 0) is 114 Å². The van der Waals surface area contributed by atoms with E-state index in [1.807, 2.05) is 33.1 Å². The summed E-state index contributed by atoms with van der Waals surface area (Å²) in [6.07, 6.45) is 1.63. The fourth-order valence-corrected chi connectivity index (χ4v) is 6.77. The summed E-state index contributed by atoms with van der Waals surface area (Å²) in [7, 11) is 7.90. The van der Waals surface area contributed by atoms with Gasteiger partial charge in [-0.15, -0.1) is 0 Å². The van der Waals surface area contributed by atoms with E-state index in [2.05, 4.69) is 34.9 Å². The largest absolute Gasteiger partial charge is 0.441 e. The number of benzene rings is 4. The van der Waals surface area contributed by atoms with Crippen molar-refractivity contribution in [2.45, 2.75) is 32.5 Å². The number of hydrogen-bond donors (Lipinski definition) is 2. The van der Waals surface area contributed by atoms with Crippen LogP contribution in [0.4, 0.5) is 17.6 Å². The Morgan fingerprint density at radius 3 is 1.54 bits per heavy atom. The van der Waals surface area contributed by atoms with Crippen LogP contribution in [0.1, 0.15) is 24.0 Å². The molecule has 2 N–H and O–H groups in total. The molecule has 0 bridgehead atoms. The number of aromatic nitrogens is 8. The fraction of sp³-hybridized carbons (Fsp3) is 0.250. The molecule has 0 aliphatic heterocycles. The van der Waals surface area contributed by atoms with E-state index in [-0.39, 0.29) is 52.5 Å². The predicted octanol–water partition coefficient (Wildman–Crippen LogP) is 5.52. The third kappa shape index (κ3) is 14.6. The first-order valence-electron chi connectivity index (χ1n) is 21.4. The minimum Gasteiger partial charge on any atom is -0.396 e. The molecule has 4 aromatic carbocycles. The van der Waals surface area contributed by atoms with E-state index in [1.54, 1.807) is 48.5 Å². The Morgan fingerprint density at radius 2 is 1.07 bits per heavy atom. The summed E-state index contributed by atoms with van der Waals surface area (Å²) in [5.74, 6) is -3.47. The molecule has 69 heavy (non-hydrogen) atoms. The number of halogens is 4. The molecule has 4 aromatic heterocycles. The van der Waals surface area contributed by atoms with Crippen molar-refractivity contribution in [1.82, 2.24) is 49.2 Å². The number of aliphatic hydroxyl groups excluding tert-OH is 1. The average molecular weight is 953 g/mol. The normalized spacial score (nSPS) is 11.1. The standard InChI is InChI=1S/C24H23F2N5O3.C19H12F2N4O3.C5H13NO/c1-29(2)9-4-10-30-23(28-34-24(30)33)17-6-3-5-16(11-17)15-31-22(32)8-7-21(27-31)18-12-19(25)14-20(26)13-18;20-14-7-13(8-15(21)9-14)16-4-5-17(26)25(23-16)10-11-2-1-3-12(6-11)18-22-19(27)28-24-18;1-6(2)4-3-5-7/h3,5-8,11-14H,4,9-10,15H2,1-2H3;1-9H,10H2,(H,22,24,27);7H,3-5H2,1-2H3. The maximum absolute atomic E-state index is 13.6. The molecule has 0 amide bonds. The Hall–Kier alpha value is -7.88. The lowest BCUT2D eigenvalue weighted by atomic mass is 10.1. The van der Waals surface area contributed by atoms with Gasteiger partial charge < -0.3 is 14.9 Å². The lowest BCUT2D eigenvalue weighted by molar-refractivity contribution is 0.263. The molecule has 0 unspecified atom stereocenters. The minimum atomic E-state index is -0.733. The summed E-state index contributed by atoms with van der Waals surface area (Å²) in [5, 5.41) is 24.3. The number of aromatic amines is 1. The molecule has 8 aromatic rings. The van der Waals surface area contributed by atoms with Gasteiger partial charge in [0.25, 0.3) is 11.1 Å². The summed E-state index contributed by atoms with van der Waals surface area (Å²) in [4.78, 5) is 54.4. The van der Waals surface area contributed by atoms with Gasteiger partial charge in [-0.3, -0.25) is 28.2 Å². The summed E-state index contributed by atoms with van der Waals surface area (Å²) < 4.78 is 67.4. The summed E-state index contributed by atoms with van der Waals surface area (Å²) in [6.45, 7) is 2.76. The van der Waals surface area contributed by atoms with Crippen LogP contribution in [0.2, 0.25) is 0 Å². The molecule has 21 heteroatoms. The SMILES string of the molecule is CN(C)CCCO.CN(C)CCCn1c(-c2cccc(Cn3nc(-c4cc(F)cc(F)c4)ccc3=O)c2)noc1=O.O=c1[nH]c(-c2cccc(Cn3nc(-c4cc(F)cc(F)c4)ccc3=O)c2)no1. The first kappa shape index (κ1) is 50.5. The lowest BCUT2D eigenvalue weighted by Crippen LogP contribution is -2.23. The van der Waals surface area contributed by atoms with E-state index in [9.17, 15) is 36.7 Å². The van der Waals surface area contributed by atoms with Crippen molar-refractivity contribution in [3.05, 3.63) is 185 Å². The van der Waals surface area contributed by atoms with Gasteiger partial charge in [0.15, 0.2) is 11.6 Å². The molecule has 0 saturated heterocycles. The molecular formula is C48H48F4N10O7. The first-order valence-corrected chi connectivity index (χ1v) is 21.4. The number of nitrogens with one attached hydrogen (secondary N) is 1. The van der Waals surface area contributed by atoms with Crippen molar-refractivity contribution < 1.29 is 31.7 Å². The van der Waals surface area contributed by atoms with Crippen LogP contribution in [0.5, 0.6) is 0 Å². The van der Waals surface area contributed by atoms with Crippen molar-refractivity contribution in [2.24, 2.45) is 0 Å². The minimum absolute atomic E-state index is 0.112. The number of H-pyrrole nitrogens is 1. The molecule has 0 saturated carbocycles. The van der Waals surface area contributed by atoms with E-state index in [4.69, 9.17) is 9.63 Å². The molecule has 0 aliphatic rings. The molecule has 0 fully saturated rings. The molecule has 17 nitrogen and oxygen atoms in total. The Kier molecular flexibility index (Phi) is 17.4. The van der Waals surface area contributed by atoms with E-state index in [1.165, 1.54) is 38.2 Å². The van der Waals surface area contributed by atoms with Gasteiger partial charge in [-0.25, -0.2) is 36.5 Å². The van der Waals surface area contributed by atoms with Crippen molar-refractivity contribution in [2.75, 3.05) is 47.9 Å². The molecule has 8 rings (SSSR count). The number of rotatable bonds is 15. The summed E-state index contributed by atoms with van der Waals surface area (Å²) >= 11 is 0. The second-order valence-electron chi connectivity index (χ2n) is 16.1. The van der Waals surface area contributed by atoms with Crippen LogP contribution >= 0.6 is 0 Å². The van der Waals surface area contributed by atoms with E-state index < -0.39 is 34.8 Å². The zero-order valence-electron chi connectivity index (χ0n) is 38.0. The van der Waals surface area contributed by atoms with Crippen molar-refractivity contribution in [1.29, 1.82) is 0 Å². The highest BCUT2D eigenvalue weighted by atomic mass is 19.1. The highest BCUT2D eigenvalue weighted by Gasteiger charge is 2.15. The summed E-state index contributed by atoms with van der Waals surface area (Å²) in [6, 6.07) is 25.7. The zero-order valence-corrected chi connectivity index (χ0v) is 38.0. The molecule has 0 atom stereocenters. The van der Waals surface area contributed by atoms with Crippen LogP contribution in [0.3, 0.4) is 0 Å². The highest BCUT2D eigenvalue weighted by molar-refractivity contribution is 5.60. The van der Waals surface area contributed by atoms with Crippen LogP contribution in [-0.4, -0.2) is 102 Å². The fourth-order valence-electron chi connectivity index (χ4n) is 6.77. The van der Waals surface area contributed by atoms with Crippen LogP contribution in [-0.2, 0) is 19.6 Å². The Morgan fingerprint density at radius 1 is 0.580 bits per heavy atom. The van der Waals surface area contributed by atoms with Gasteiger partial charge in [0.2, 0.25) is 0 Å². The van der Waals surface area contributed by atoms with E-state index >= 15 is 0 Å². The summed E-state index contributed by atoms with van der Waals surface area (Å²) in [5.41, 5.74) is 2.92. The van der Waals surface area contributed by atoms with Gasteiger partial charge in [0.05, 0.1) is 24.5 Å². The van der Waals surface area contributed by atoms with Crippen LogP contribution in [0, 0.1) is 23.3 Å². The topological polar surface area (TPSA) is 203 Å². The Bertz CT molecular complexity index is 3190. The molecule has 0 radical (unpaired) electrons. The smallest absolute Gasteiger partial charge is 0.396 e. The monoisotopic (exact) mass is 952 g/mol. The van der Waals surface area contributed by atoms with Crippen LogP contribution in [0.25, 0.3) is 45.3 Å². The zero-order chi connectivity index (χ0) is 49.6. The van der Waals surface area contributed by atoms with Crippen molar-refractivity contribution >= 4 is 0 Å². The van der Waals surface area contributed by atoms with Gasteiger partial charge in [-0.2, -0.15) is 10.2 Å². The third-order valence-electron chi connectivity index (χ3n) is 9.98. The molecule has 360 valence electrons. The number of aliphatic hydroxyl groups is 1. The molecule has 0 spiro atoms. The van der Waals surface area contributed by atoms with Gasteiger partial charge >= 0.3 is 11.5 Å². The van der Waals surface area contributed by atoms with Gasteiger partial charge in [0.1, 0.15) is 23.3 Å². The Labute approximate surface area is 391 Å². The van der Waals surface area contributed by atoms with Gasteiger partial charge in [0, 0.05) is 59.7 Å². The lowest BCUT2D eigenvalue weighted by Gasteiger charge is -2.11. The van der Waals surface area contributed by atoms with Crippen LogP contribution in [0.15, 0.2) is 137 Å². The van der Waals surface area contributed by atoms with E-state index in [0.29, 0.717) is 35.7 Å². The Balaban J connectivity index is 0.000000202. The van der Waals surface area contributed by atoms with Crippen molar-refractivity contribution in [3.8, 4) is 45.3 Å². The third-order valence-corrected chi connectivity index (χ3v) is 9.98. The quantitative estimate of drug-likeness (QED) is 0.122. The van der Waals surface area contributed by atoms with Gasteiger partial charge in [-0.1, -0.05) is 46.7 Å². The number of nitrogens with zero attached hydrogens (tertiary/aromatic N) is 9. The number of hydrogen-bond acceptors (Lipinski definition) is 13.